The number of sulfonamides is 1. The topological polar surface area (TPSA) is 49.4 Å². The minimum absolute atomic E-state index is 0. The number of nitrogens with one attached hydrogen (secondary N) is 1. The molecule has 0 bridgehead atoms. The van der Waals surface area contributed by atoms with Crippen LogP contribution in [0.15, 0.2) is 17.0 Å². The number of rotatable bonds is 2. The van der Waals surface area contributed by atoms with Crippen LogP contribution in [-0.4, -0.2) is 37.9 Å². The first kappa shape index (κ1) is 18.9. The molecular weight excluding hydrogens is 362 g/mol. The van der Waals surface area contributed by atoms with Gasteiger partial charge in [-0.05, 0) is 26.0 Å². The van der Waals surface area contributed by atoms with Gasteiger partial charge in [-0.15, -0.1) is 12.4 Å². The second kappa shape index (κ2) is 6.98. The third-order valence-electron chi connectivity index (χ3n) is 3.08. The zero-order chi connectivity index (χ0) is 15.1. The highest BCUT2D eigenvalue weighted by Gasteiger charge is 2.34. The van der Waals surface area contributed by atoms with Gasteiger partial charge in [0.05, 0.1) is 10.0 Å². The van der Waals surface area contributed by atoms with Crippen molar-refractivity contribution in [2.24, 2.45) is 0 Å². The molecule has 9 heteroatoms. The van der Waals surface area contributed by atoms with Crippen LogP contribution in [0.25, 0.3) is 0 Å². The van der Waals surface area contributed by atoms with E-state index in [9.17, 15) is 12.8 Å². The molecule has 0 aliphatic carbocycles. The Morgan fingerprint density at radius 3 is 2.05 bits per heavy atom. The number of hydrogen-bond acceptors (Lipinski definition) is 3. The largest absolute Gasteiger partial charge is 0.309 e. The van der Waals surface area contributed by atoms with Gasteiger partial charge < -0.3 is 5.32 Å². The van der Waals surface area contributed by atoms with Gasteiger partial charge in [-0.3, -0.25) is 0 Å². The SMILES string of the molecule is CC1CN(S(=O)(=O)c2c(Cl)cc(F)cc2Cl)CC(C)N1.Cl. The van der Waals surface area contributed by atoms with Gasteiger partial charge in [-0.1, -0.05) is 23.2 Å². The van der Waals surface area contributed by atoms with Gasteiger partial charge in [0.15, 0.2) is 0 Å². The van der Waals surface area contributed by atoms with Crippen molar-refractivity contribution in [3.63, 3.8) is 0 Å². The first-order valence-corrected chi connectivity index (χ1v) is 8.32. The van der Waals surface area contributed by atoms with Crippen LogP contribution in [0.2, 0.25) is 10.0 Å². The lowest BCUT2D eigenvalue weighted by atomic mass is 10.2. The summed E-state index contributed by atoms with van der Waals surface area (Å²) < 4.78 is 39.8. The summed E-state index contributed by atoms with van der Waals surface area (Å²) in [5.74, 6) is -0.666. The Kier molecular flexibility index (Phi) is 6.29. The summed E-state index contributed by atoms with van der Waals surface area (Å²) in [7, 11) is -3.84. The van der Waals surface area contributed by atoms with Crippen LogP contribution in [0, 0.1) is 5.82 Å². The van der Waals surface area contributed by atoms with E-state index in [0.717, 1.165) is 12.1 Å². The number of benzene rings is 1. The molecule has 2 rings (SSSR count). The van der Waals surface area contributed by atoms with Crippen molar-refractivity contribution in [3.05, 3.63) is 28.0 Å². The molecule has 0 saturated carbocycles. The van der Waals surface area contributed by atoms with Gasteiger partial charge in [-0.2, -0.15) is 4.31 Å². The van der Waals surface area contributed by atoms with Crippen LogP contribution < -0.4 is 5.32 Å². The molecule has 1 aromatic rings. The molecule has 1 aromatic carbocycles. The molecular formula is C12H16Cl3FN2O2S. The molecule has 120 valence electrons. The molecule has 1 aliphatic rings. The highest BCUT2D eigenvalue weighted by atomic mass is 35.5. The zero-order valence-electron chi connectivity index (χ0n) is 11.4. The smallest absolute Gasteiger partial charge is 0.246 e. The molecule has 1 N–H and O–H groups in total. The van der Waals surface area contributed by atoms with Gasteiger partial charge in [0.1, 0.15) is 10.7 Å². The number of nitrogens with zero attached hydrogens (tertiary/aromatic N) is 1. The lowest BCUT2D eigenvalue weighted by Crippen LogP contribution is -2.55. The van der Waals surface area contributed by atoms with Crippen molar-refractivity contribution in [2.45, 2.75) is 30.8 Å². The third-order valence-corrected chi connectivity index (χ3v) is 5.84. The molecule has 0 radical (unpaired) electrons. The first-order chi connectivity index (χ1) is 9.21. The molecule has 2 atom stereocenters. The second-order valence-electron chi connectivity index (χ2n) is 4.99. The van der Waals surface area contributed by atoms with E-state index in [1.54, 1.807) is 0 Å². The minimum Gasteiger partial charge on any atom is -0.309 e. The Morgan fingerprint density at radius 1 is 1.19 bits per heavy atom. The van der Waals surface area contributed by atoms with Crippen LogP contribution in [0.5, 0.6) is 0 Å². The summed E-state index contributed by atoms with van der Waals surface area (Å²) in [4.78, 5) is -0.233. The molecule has 2 unspecified atom stereocenters. The second-order valence-corrected chi connectivity index (χ2v) is 7.68. The van der Waals surface area contributed by atoms with E-state index in [4.69, 9.17) is 23.2 Å². The van der Waals surface area contributed by atoms with E-state index >= 15 is 0 Å². The Balaban J connectivity index is 0.00000220. The molecule has 4 nitrogen and oxygen atoms in total. The maximum absolute atomic E-state index is 13.2. The number of halogens is 4. The van der Waals surface area contributed by atoms with Gasteiger partial charge in [0, 0.05) is 25.2 Å². The van der Waals surface area contributed by atoms with Crippen molar-refractivity contribution in [3.8, 4) is 0 Å². The first-order valence-electron chi connectivity index (χ1n) is 6.12. The van der Waals surface area contributed by atoms with Gasteiger partial charge >= 0.3 is 0 Å². The zero-order valence-corrected chi connectivity index (χ0v) is 14.6. The van der Waals surface area contributed by atoms with E-state index < -0.39 is 15.8 Å². The summed E-state index contributed by atoms with van der Waals surface area (Å²) in [6, 6.07) is 1.95. The monoisotopic (exact) mass is 376 g/mol. The van der Waals surface area contributed by atoms with E-state index in [1.165, 1.54) is 4.31 Å². The van der Waals surface area contributed by atoms with Crippen LogP contribution in [0.3, 0.4) is 0 Å². The fourth-order valence-electron chi connectivity index (χ4n) is 2.38. The highest BCUT2D eigenvalue weighted by molar-refractivity contribution is 7.89. The molecule has 1 fully saturated rings. The predicted molar refractivity (Wildman–Crippen MR) is 84.5 cm³/mol. The Bertz CT molecular complexity index is 594. The summed E-state index contributed by atoms with van der Waals surface area (Å²) in [5.41, 5.74) is 0. The summed E-state index contributed by atoms with van der Waals surface area (Å²) in [6.07, 6.45) is 0. The molecule has 21 heavy (non-hydrogen) atoms. The molecule has 1 aliphatic heterocycles. The average Bonchev–Trinajstić information content (AvgIpc) is 2.25. The Morgan fingerprint density at radius 2 is 1.62 bits per heavy atom. The number of hydrogen-bond donors (Lipinski definition) is 1. The van der Waals surface area contributed by atoms with Crippen LogP contribution in [0.1, 0.15) is 13.8 Å². The third kappa shape index (κ3) is 4.00. The van der Waals surface area contributed by atoms with Crippen LogP contribution in [-0.2, 0) is 10.0 Å². The maximum atomic E-state index is 13.2. The summed E-state index contributed by atoms with van der Waals surface area (Å²) >= 11 is 11.7. The van der Waals surface area contributed by atoms with Crippen molar-refractivity contribution in [1.29, 1.82) is 0 Å². The van der Waals surface area contributed by atoms with Crippen molar-refractivity contribution < 1.29 is 12.8 Å². The normalized spacial score (nSPS) is 23.7. The molecule has 0 aromatic heterocycles. The summed E-state index contributed by atoms with van der Waals surface area (Å²) in [5, 5.41) is 2.84. The number of piperazine rings is 1. The molecule has 0 amide bonds. The van der Waals surface area contributed by atoms with Crippen LogP contribution >= 0.6 is 35.6 Å². The van der Waals surface area contributed by atoms with Crippen LogP contribution in [0.4, 0.5) is 4.39 Å². The molecule has 1 saturated heterocycles. The minimum atomic E-state index is -3.84. The fraction of sp³-hybridized carbons (Fsp3) is 0.500. The Hall–Kier alpha value is -0.110. The molecule has 1 heterocycles. The van der Waals surface area contributed by atoms with E-state index in [2.05, 4.69) is 5.32 Å². The van der Waals surface area contributed by atoms with Gasteiger partial charge in [0.2, 0.25) is 10.0 Å². The van der Waals surface area contributed by atoms with Crippen molar-refractivity contribution >= 4 is 45.6 Å². The lowest BCUT2D eigenvalue weighted by Gasteiger charge is -2.35. The predicted octanol–water partition coefficient (Wildman–Crippen LogP) is 2.93. The molecule has 0 spiro atoms. The van der Waals surface area contributed by atoms with E-state index in [-0.39, 0.29) is 39.4 Å². The Labute approximate surface area is 140 Å². The fourth-order valence-corrected chi connectivity index (χ4v) is 5.13. The van der Waals surface area contributed by atoms with Crippen molar-refractivity contribution in [2.75, 3.05) is 13.1 Å². The quantitative estimate of drug-likeness (QED) is 0.862. The van der Waals surface area contributed by atoms with Crippen molar-refractivity contribution in [1.82, 2.24) is 9.62 Å². The van der Waals surface area contributed by atoms with Gasteiger partial charge in [-0.25, -0.2) is 12.8 Å². The van der Waals surface area contributed by atoms with Gasteiger partial charge in [0.25, 0.3) is 0 Å². The van der Waals surface area contributed by atoms with E-state index in [1.807, 2.05) is 13.8 Å². The average molecular weight is 378 g/mol. The lowest BCUT2D eigenvalue weighted by molar-refractivity contribution is 0.263. The van der Waals surface area contributed by atoms with E-state index in [0.29, 0.717) is 13.1 Å². The maximum Gasteiger partial charge on any atom is 0.246 e. The standard InChI is InChI=1S/C12H15Cl2FN2O2S.ClH/c1-7-5-17(6-8(2)16-7)20(18,19)12-10(13)3-9(15)4-11(12)14;/h3-4,7-8,16H,5-6H2,1-2H3;1H. The highest BCUT2D eigenvalue weighted by Crippen LogP contribution is 2.33. The summed E-state index contributed by atoms with van der Waals surface area (Å²) in [6.45, 7) is 4.42.